The highest BCUT2D eigenvalue weighted by Crippen LogP contribution is 2.32. The van der Waals surface area contributed by atoms with Crippen molar-refractivity contribution in [2.75, 3.05) is 31.3 Å². The molecule has 0 unspecified atom stereocenters. The number of hydrogen-bond acceptors (Lipinski definition) is 9. The zero-order valence-electron chi connectivity index (χ0n) is 23.5. The number of anilines is 2. The van der Waals surface area contributed by atoms with E-state index >= 15 is 0 Å². The molecule has 11 heteroatoms. The molecule has 3 rings (SSSR count). The van der Waals surface area contributed by atoms with Crippen molar-refractivity contribution in [2.24, 2.45) is 0 Å². The van der Waals surface area contributed by atoms with Gasteiger partial charge in [-0.3, -0.25) is 0 Å². The Hall–Kier alpha value is -5.11. The van der Waals surface area contributed by atoms with Gasteiger partial charge in [0.2, 0.25) is 0 Å². The Morgan fingerprint density at radius 2 is 1.42 bits per heavy atom. The molecule has 0 saturated carbocycles. The number of nitrogens with zero attached hydrogens (tertiary/aromatic N) is 1. The van der Waals surface area contributed by atoms with Gasteiger partial charge >= 0.3 is 18.0 Å². The zero-order chi connectivity index (χ0) is 31.1. The molecule has 0 saturated heterocycles. The van der Waals surface area contributed by atoms with E-state index in [4.69, 9.17) is 35.7 Å². The number of halogens is 2. The monoisotopic (exact) mass is 593 g/mol. The van der Waals surface area contributed by atoms with E-state index in [2.05, 4.69) is 6.07 Å². The van der Waals surface area contributed by atoms with Crippen LogP contribution in [0.3, 0.4) is 0 Å². The van der Waals surface area contributed by atoms with E-state index in [1.807, 2.05) is 0 Å². The number of benzene rings is 3. The van der Waals surface area contributed by atoms with Crippen LogP contribution in [0.15, 0.2) is 72.8 Å². The number of rotatable bonds is 16. The van der Waals surface area contributed by atoms with Crippen molar-refractivity contribution in [1.29, 1.82) is 5.26 Å². The van der Waals surface area contributed by atoms with Crippen molar-refractivity contribution in [1.82, 2.24) is 0 Å². The van der Waals surface area contributed by atoms with Crippen LogP contribution in [0.2, 0.25) is 0 Å². The fourth-order valence-electron chi connectivity index (χ4n) is 3.73. The number of carbonyl (C=O) groups excluding carboxylic acids is 2. The fraction of sp³-hybridized carbons (Fsp3) is 0.281. The smallest absolute Gasteiger partial charge is 0.426 e. The molecule has 226 valence electrons. The van der Waals surface area contributed by atoms with Crippen LogP contribution >= 0.6 is 0 Å². The van der Waals surface area contributed by atoms with Gasteiger partial charge in [-0.2, -0.15) is 14.0 Å². The minimum absolute atomic E-state index is 0.0533. The zero-order valence-corrected chi connectivity index (χ0v) is 23.5. The van der Waals surface area contributed by atoms with Gasteiger partial charge in [0.15, 0.2) is 0 Å². The van der Waals surface area contributed by atoms with Crippen LogP contribution in [0.5, 0.6) is 11.5 Å². The number of nitrogens with two attached hydrogens (primary N) is 2. The highest BCUT2D eigenvalue weighted by atomic mass is 19.3. The number of alkyl halides is 2. The lowest BCUT2D eigenvalue weighted by Crippen LogP contribution is -2.21. The first kappa shape index (κ1) is 32.4. The summed E-state index contributed by atoms with van der Waals surface area (Å²) in [6, 6.07) is 17.7. The molecule has 43 heavy (non-hydrogen) atoms. The summed E-state index contributed by atoms with van der Waals surface area (Å²) in [6.45, 7) is 0.663. The molecule has 0 aliphatic carbocycles. The SMILES string of the molecule is N#CCCCCOc1ccc(C(F)(F)Oc2ccc(C=CC(=O)OCCCCOC(=O)c3cc(N)cc(N)c3)cc2)cc1. The number of esters is 2. The van der Waals surface area contributed by atoms with E-state index in [1.165, 1.54) is 78.9 Å². The van der Waals surface area contributed by atoms with Crippen LogP contribution in [0, 0.1) is 11.3 Å². The molecular formula is C32H33F2N3O6. The van der Waals surface area contributed by atoms with E-state index < -0.39 is 18.0 Å². The Balaban J connectivity index is 1.36. The number of unbranched alkanes of at least 4 members (excludes halogenated alkanes) is 3. The Morgan fingerprint density at radius 3 is 2.07 bits per heavy atom. The minimum Gasteiger partial charge on any atom is -0.494 e. The number of hydrogen-bond donors (Lipinski definition) is 2. The van der Waals surface area contributed by atoms with E-state index in [0.717, 1.165) is 0 Å². The number of carbonyl (C=O) groups is 2. The molecule has 0 aromatic heterocycles. The summed E-state index contributed by atoms with van der Waals surface area (Å²) in [5, 5.41) is 8.53. The van der Waals surface area contributed by atoms with Crippen LogP contribution in [-0.4, -0.2) is 31.8 Å². The van der Waals surface area contributed by atoms with Gasteiger partial charge in [-0.1, -0.05) is 12.1 Å². The quantitative estimate of drug-likeness (QED) is 0.0852. The maximum Gasteiger partial charge on any atom is 0.426 e. The van der Waals surface area contributed by atoms with E-state index in [-0.39, 0.29) is 30.1 Å². The van der Waals surface area contributed by atoms with Gasteiger partial charge in [0.1, 0.15) is 11.5 Å². The molecule has 4 N–H and O–H groups in total. The van der Waals surface area contributed by atoms with Crippen molar-refractivity contribution in [3.8, 4) is 17.6 Å². The van der Waals surface area contributed by atoms with E-state index in [9.17, 15) is 18.4 Å². The Morgan fingerprint density at radius 1 is 0.814 bits per heavy atom. The average molecular weight is 594 g/mol. The van der Waals surface area contributed by atoms with E-state index in [1.54, 1.807) is 0 Å². The molecule has 0 bridgehead atoms. The third kappa shape index (κ3) is 11.4. The molecular weight excluding hydrogens is 560 g/mol. The first-order valence-electron chi connectivity index (χ1n) is 13.6. The van der Waals surface area contributed by atoms with Crippen molar-refractivity contribution in [3.63, 3.8) is 0 Å². The average Bonchev–Trinajstić information content (AvgIpc) is 2.98. The molecule has 0 aliphatic heterocycles. The molecule has 9 nitrogen and oxygen atoms in total. The second-order valence-electron chi connectivity index (χ2n) is 9.41. The summed E-state index contributed by atoms with van der Waals surface area (Å²) in [5.41, 5.74) is 12.6. The first-order valence-corrected chi connectivity index (χ1v) is 13.6. The molecule has 0 atom stereocenters. The molecule has 3 aromatic carbocycles. The molecule has 3 aromatic rings. The summed E-state index contributed by atoms with van der Waals surface area (Å²) in [6.07, 6.45) is 1.96. The summed E-state index contributed by atoms with van der Waals surface area (Å²) in [4.78, 5) is 24.0. The Labute approximate surface area is 248 Å². The van der Waals surface area contributed by atoms with Crippen LogP contribution in [0.4, 0.5) is 20.2 Å². The van der Waals surface area contributed by atoms with Gasteiger partial charge in [-0.15, -0.1) is 0 Å². The molecule has 0 amide bonds. The standard InChI is InChI=1S/C32H33F2N3O6/c33-32(34,25-9-13-28(14-10-25)40-17-3-1-2-16-35)43-29-11-6-23(7-12-29)8-15-30(38)41-18-4-5-19-42-31(39)24-20-26(36)22-27(37)21-24/h6-15,20-22H,1-5,17-19,36-37H2. The van der Waals surface area contributed by atoms with Crippen molar-refractivity contribution < 1.29 is 37.3 Å². The highest BCUT2D eigenvalue weighted by Gasteiger charge is 2.34. The Kier molecular flexibility index (Phi) is 12.3. The first-order chi connectivity index (χ1) is 20.7. The van der Waals surface area contributed by atoms with Gasteiger partial charge in [0.05, 0.1) is 37.0 Å². The minimum atomic E-state index is -3.58. The van der Waals surface area contributed by atoms with Crippen LogP contribution in [0.25, 0.3) is 6.08 Å². The van der Waals surface area contributed by atoms with Crippen molar-refractivity contribution in [2.45, 2.75) is 38.2 Å². The summed E-state index contributed by atoms with van der Waals surface area (Å²) >= 11 is 0. The highest BCUT2D eigenvalue weighted by molar-refractivity contribution is 5.91. The predicted molar refractivity (Wildman–Crippen MR) is 157 cm³/mol. The molecule has 0 fully saturated rings. The maximum atomic E-state index is 14.7. The molecule has 0 radical (unpaired) electrons. The van der Waals surface area contributed by atoms with Gasteiger partial charge in [0.25, 0.3) is 0 Å². The van der Waals surface area contributed by atoms with Crippen molar-refractivity contribution >= 4 is 29.4 Å². The summed E-state index contributed by atoms with van der Waals surface area (Å²) in [7, 11) is 0. The van der Waals surface area contributed by atoms with Gasteiger partial charge in [0, 0.05) is 23.9 Å². The van der Waals surface area contributed by atoms with Gasteiger partial charge in [-0.05, 0) is 91.9 Å². The van der Waals surface area contributed by atoms with Crippen LogP contribution in [-0.2, 0) is 20.4 Å². The van der Waals surface area contributed by atoms with Gasteiger partial charge in [-0.25, -0.2) is 9.59 Å². The normalized spacial score (nSPS) is 11.1. The van der Waals surface area contributed by atoms with Crippen LogP contribution < -0.4 is 20.9 Å². The number of ether oxygens (including phenoxy) is 4. The topological polar surface area (TPSA) is 147 Å². The maximum absolute atomic E-state index is 14.7. The van der Waals surface area contributed by atoms with Crippen molar-refractivity contribution in [3.05, 3.63) is 89.5 Å². The van der Waals surface area contributed by atoms with E-state index in [0.29, 0.717) is 61.4 Å². The molecule has 0 heterocycles. The second-order valence-corrected chi connectivity index (χ2v) is 9.41. The lowest BCUT2D eigenvalue weighted by molar-refractivity contribution is -0.185. The second kappa shape index (κ2) is 16.4. The largest absolute Gasteiger partial charge is 0.494 e. The summed E-state index contributed by atoms with van der Waals surface area (Å²) in [5.74, 6) is -0.719. The molecule has 0 spiro atoms. The molecule has 0 aliphatic rings. The lowest BCUT2D eigenvalue weighted by Gasteiger charge is -2.18. The van der Waals surface area contributed by atoms with Crippen LogP contribution in [0.1, 0.15) is 53.6 Å². The third-order valence-electron chi connectivity index (χ3n) is 5.91. The fourth-order valence-corrected chi connectivity index (χ4v) is 3.73. The lowest BCUT2D eigenvalue weighted by atomic mass is 10.2. The Bertz CT molecular complexity index is 1400. The third-order valence-corrected chi connectivity index (χ3v) is 5.91. The number of nitrogen functional groups attached to an aromatic ring is 2. The van der Waals surface area contributed by atoms with Gasteiger partial charge < -0.3 is 30.4 Å². The predicted octanol–water partition coefficient (Wildman–Crippen LogP) is 6.25. The summed E-state index contributed by atoms with van der Waals surface area (Å²) < 4.78 is 50.0. The number of nitriles is 1.